The summed E-state index contributed by atoms with van der Waals surface area (Å²) < 4.78 is 7.05. The summed E-state index contributed by atoms with van der Waals surface area (Å²) in [5, 5.41) is 10.7. The Morgan fingerprint density at radius 1 is 1.53 bits per heavy atom. The molecule has 6 heteroatoms. The van der Waals surface area contributed by atoms with Crippen LogP contribution in [0.1, 0.15) is 18.5 Å². The fourth-order valence-corrected chi connectivity index (χ4v) is 1.82. The summed E-state index contributed by atoms with van der Waals surface area (Å²) in [5.41, 5.74) is 1.98. The number of aryl methyl sites for hydroxylation is 1. The minimum absolute atomic E-state index is 0.183. The number of nitro groups is 1. The van der Waals surface area contributed by atoms with Crippen molar-refractivity contribution in [1.29, 1.82) is 0 Å². The molecule has 1 aromatic rings. The predicted octanol–water partition coefficient (Wildman–Crippen LogP) is 1.96. The van der Waals surface area contributed by atoms with Gasteiger partial charge in [-0.1, -0.05) is 0 Å². The highest BCUT2D eigenvalue weighted by molar-refractivity contribution is 5.55. The molecule has 17 heavy (non-hydrogen) atoms. The van der Waals surface area contributed by atoms with Crippen molar-refractivity contribution in [2.45, 2.75) is 19.8 Å². The van der Waals surface area contributed by atoms with Gasteiger partial charge in [-0.2, -0.15) is 0 Å². The molecule has 90 valence electrons. The zero-order valence-corrected chi connectivity index (χ0v) is 9.71. The molecule has 2 rings (SSSR count). The second kappa shape index (κ2) is 4.40. The van der Waals surface area contributed by atoms with Crippen LogP contribution in [0.4, 0.5) is 0 Å². The number of nitrogens with zero attached hydrogens (tertiary/aromatic N) is 3. The number of rotatable bonds is 3. The van der Waals surface area contributed by atoms with Crippen LogP contribution in [-0.4, -0.2) is 21.6 Å². The molecule has 0 unspecified atom stereocenters. The highest BCUT2D eigenvalue weighted by Gasteiger charge is 2.22. The molecule has 0 saturated heterocycles. The number of hydrogen-bond donors (Lipinski definition) is 0. The average Bonchev–Trinajstić information content (AvgIpc) is 2.74. The molecule has 1 aliphatic carbocycles. The van der Waals surface area contributed by atoms with E-state index in [9.17, 15) is 10.1 Å². The van der Waals surface area contributed by atoms with E-state index in [1.165, 1.54) is 13.2 Å². The predicted molar refractivity (Wildman–Crippen MR) is 61.5 cm³/mol. The highest BCUT2D eigenvalue weighted by Crippen LogP contribution is 2.28. The van der Waals surface area contributed by atoms with Gasteiger partial charge in [0.05, 0.1) is 35.8 Å². The van der Waals surface area contributed by atoms with E-state index in [-0.39, 0.29) is 10.6 Å². The molecule has 0 aliphatic heterocycles. The largest absolute Gasteiger partial charge is 0.495 e. The fraction of sp³-hybridized carbons (Fsp3) is 0.364. The third-order valence-electron chi connectivity index (χ3n) is 2.68. The zero-order chi connectivity index (χ0) is 12.4. The summed E-state index contributed by atoms with van der Waals surface area (Å²) in [6.45, 7) is 1.89. The molecule has 0 saturated carbocycles. The first kappa shape index (κ1) is 11.4. The summed E-state index contributed by atoms with van der Waals surface area (Å²) in [6.07, 6.45) is 6.03. The van der Waals surface area contributed by atoms with Crippen molar-refractivity contribution < 1.29 is 9.66 Å². The average molecular weight is 235 g/mol. The Hall–Kier alpha value is -2.11. The minimum atomic E-state index is -0.366. The van der Waals surface area contributed by atoms with Gasteiger partial charge in [0.2, 0.25) is 5.70 Å². The molecule has 0 spiro atoms. The van der Waals surface area contributed by atoms with Gasteiger partial charge in [-0.15, -0.1) is 0 Å². The summed E-state index contributed by atoms with van der Waals surface area (Å²) in [7, 11) is 1.51. The van der Waals surface area contributed by atoms with Crippen molar-refractivity contribution in [2.75, 3.05) is 7.11 Å². The van der Waals surface area contributed by atoms with Crippen LogP contribution in [0.25, 0.3) is 5.70 Å². The maximum absolute atomic E-state index is 10.7. The molecule has 0 fully saturated rings. The third-order valence-corrected chi connectivity index (χ3v) is 2.68. The van der Waals surface area contributed by atoms with Crippen LogP contribution in [0.2, 0.25) is 0 Å². The van der Waals surface area contributed by atoms with Crippen molar-refractivity contribution in [2.24, 2.45) is 0 Å². The zero-order valence-electron chi connectivity index (χ0n) is 9.71. The van der Waals surface area contributed by atoms with Gasteiger partial charge >= 0.3 is 0 Å². The lowest BCUT2D eigenvalue weighted by Crippen LogP contribution is -2.09. The van der Waals surface area contributed by atoms with Crippen LogP contribution in [0.15, 0.2) is 30.1 Å². The van der Waals surface area contributed by atoms with E-state index >= 15 is 0 Å². The molecule has 0 radical (unpaired) electrons. The molecule has 0 N–H and O–H groups in total. The van der Waals surface area contributed by atoms with Crippen molar-refractivity contribution in [1.82, 2.24) is 9.55 Å². The molecule has 0 aromatic carbocycles. The van der Waals surface area contributed by atoms with E-state index in [2.05, 4.69) is 4.98 Å². The lowest BCUT2D eigenvalue weighted by molar-refractivity contribution is -0.428. The van der Waals surface area contributed by atoms with E-state index < -0.39 is 0 Å². The Labute approximate surface area is 98.4 Å². The number of imidazole rings is 1. The van der Waals surface area contributed by atoms with Gasteiger partial charge in [-0.25, -0.2) is 4.98 Å². The molecular weight excluding hydrogens is 222 g/mol. The number of allylic oxidation sites excluding steroid dienone is 3. The summed E-state index contributed by atoms with van der Waals surface area (Å²) in [4.78, 5) is 14.5. The molecule has 1 heterocycles. The van der Waals surface area contributed by atoms with Gasteiger partial charge in [-0.3, -0.25) is 10.1 Å². The Bertz CT molecular complexity index is 514. The molecule has 1 aromatic heterocycles. The first-order valence-corrected chi connectivity index (χ1v) is 5.25. The van der Waals surface area contributed by atoms with E-state index in [1.807, 2.05) is 17.7 Å². The van der Waals surface area contributed by atoms with Crippen molar-refractivity contribution in [3.8, 4) is 0 Å². The van der Waals surface area contributed by atoms with Crippen LogP contribution in [0.5, 0.6) is 0 Å². The van der Waals surface area contributed by atoms with E-state index in [4.69, 9.17) is 4.74 Å². The van der Waals surface area contributed by atoms with E-state index in [0.29, 0.717) is 18.6 Å². The van der Waals surface area contributed by atoms with Crippen LogP contribution < -0.4 is 0 Å². The number of methoxy groups -OCH3 is 1. The Morgan fingerprint density at radius 3 is 2.82 bits per heavy atom. The van der Waals surface area contributed by atoms with Gasteiger partial charge in [0.25, 0.3) is 0 Å². The quantitative estimate of drug-likeness (QED) is 0.593. The van der Waals surface area contributed by atoms with E-state index in [0.717, 1.165) is 11.4 Å². The number of hydrogen-bond acceptors (Lipinski definition) is 4. The smallest absolute Gasteiger partial charge is 0.250 e. The first-order chi connectivity index (χ1) is 8.11. The normalized spacial score (nSPS) is 15.8. The SMILES string of the molecule is COC1=C(n2cnc(C)c2)CCC([N+](=O)[O-])=C1. The summed E-state index contributed by atoms with van der Waals surface area (Å²) in [5.74, 6) is 0.528. The van der Waals surface area contributed by atoms with Crippen LogP contribution in [0, 0.1) is 17.0 Å². The van der Waals surface area contributed by atoms with Crippen molar-refractivity contribution >= 4 is 5.70 Å². The van der Waals surface area contributed by atoms with Crippen LogP contribution >= 0.6 is 0 Å². The second-order valence-electron chi connectivity index (χ2n) is 3.83. The maximum Gasteiger partial charge on any atom is 0.250 e. The standard InChI is InChI=1S/C11H13N3O3/c1-8-6-13(7-12-8)10-4-3-9(14(15)16)5-11(10)17-2/h5-7H,3-4H2,1-2H3. The molecule has 6 nitrogen and oxygen atoms in total. The highest BCUT2D eigenvalue weighted by atomic mass is 16.6. The topological polar surface area (TPSA) is 70.2 Å². The minimum Gasteiger partial charge on any atom is -0.495 e. The van der Waals surface area contributed by atoms with Crippen LogP contribution in [0.3, 0.4) is 0 Å². The number of ether oxygens (including phenoxy) is 1. The number of aromatic nitrogens is 2. The van der Waals surface area contributed by atoms with Crippen molar-refractivity contribution in [3.05, 3.63) is 45.9 Å². The Balaban J connectivity index is 2.42. The van der Waals surface area contributed by atoms with Gasteiger partial charge in [0.1, 0.15) is 5.76 Å². The van der Waals surface area contributed by atoms with Gasteiger partial charge in [-0.05, 0) is 6.92 Å². The lowest BCUT2D eigenvalue weighted by Gasteiger charge is -2.16. The molecule has 1 aliphatic rings. The van der Waals surface area contributed by atoms with E-state index in [1.54, 1.807) is 6.33 Å². The third kappa shape index (κ3) is 2.20. The second-order valence-corrected chi connectivity index (χ2v) is 3.83. The van der Waals surface area contributed by atoms with Gasteiger partial charge in [0.15, 0.2) is 0 Å². The lowest BCUT2D eigenvalue weighted by atomic mass is 10.1. The molecule has 0 amide bonds. The monoisotopic (exact) mass is 235 g/mol. The summed E-state index contributed by atoms with van der Waals surface area (Å²) in [6, 6.07) is 0. The van der Waals surface area contributed by atoms with Gasteiger partial charge < -0.3 is 9.30 Å². The summed E-state index contributed by atoms with van der Waals surface area (Å²) >= 11 is 0. The molecule has 0 atom stereocenters. The molecule has 0 bridgehead atoms. The van der Waals surface area contributed by atoms with Crippen LogP contribution in [-0.2, 0) is 4.74 Å². The first-order valence-electron chi connectivity index (χ1n) is 5.25. The Kier molecular flexibility index (Phi) is 2.95. The van der Waals surface area contributed by atoms with Gasteiger partial charge in [0, 0.05) is 19.0 Å². The molecular formula is C11H13N3O3. The maximum atomic E-state index is 10.7. The van der Waals surface area contributed by atoms with Crippen molar-refractivity contribution in [3.63, 3.8) is 0 Å². The fourth-order valence-electron chi connectivity index (χ4n) is 1.82. The Morgan fingerprint density at radius 2 is 2.29 bits per heavy atom.